The van der Waals surface area contributed by atoms with Crippen LogP contribution in [-0.4, -0.2) is 34.8 Å². The van der Waals surface area contributed by atoms with Crippen LogP contribution in [0.2, 0.25) is 0 Å². The van der Waals surface area contributed by atoms with Crippen molar-refractivity contribution in [2.75, 3.05) is 7.11 Å². The summed E-state index contributed by atoms with van der Waals surface area (Å²) in [6, 6.07) is 31.8. The third-order valence-corrected chi connectivity index (χ3v) is 6.15. The van der Waals surface area contributed by atoms with Crippen LogP contribution in [0.1, 0.15) is 22.4 Å². The number of rotatable bonds is 11. The van der Waals surface area contributed by atoms with Crippen molar-refractivity contribution < 1.29 is 14.3 Å². The molecule has 0 bridgehead atoms. The van der Waals surface area contributed by atoms with E-state index in [4.69, 9.17) is 4.74 Å². The van der Waals surface area contributed by atoms with Crippen molar-refractivity contribution in [1.29, 1.82) is 0 Å². The summed E-state index contributed by atoms with van der Waals surface area (Å²) >= 11 is 0. The van der Waals surface area contributed by atoms with Crippen LogP contribution in [0, 0.1) is 0 Å². The summed E-state index contributed by atoms with van der Waals surface area (Å²) in [6.07, 6.45) is 2.30. The van der Waals surface area contributed by atoms with Crippen LogP contribution in [0.3, 0.4) is 0 Å². The average molecular weight is 494 g/mol. The van der Waals surface area contributed by atoms with Gasteiger partial charge in [0, 0.05) is 19.2 Å². The van der Waals surface area contributed by atoms with E-state index in [9.17, 15) is 9.59 Å². The van der Waals surface area contributed by atoms with Crippen LogP contribution in [0.5, 0.6) is 5.75 Å². The lowest BCUT2D eigenvalue weighted by Crippen LogP contribution is -2.50. The van der Waals surface area contributed by atoms with E-state index >= 15 is 0 Å². The monoisotopic (exact) mass is 493 g/mol. The minimum absolute atomic E-state index is 0.115. The minimum atomic E-state index is -0.704. The van der Waals surface area contributed by atoms with Crippen LogP contribution in [0.25, 0.3) is 0 Å². The fourth-order valence-electron chi connectivity index (χ4n) is 4.15. The molecule has 1 heterocycles. The van der Waals surface area contributed by atoms with Crippen molar-refractivity contribution in [1.82, 2.24) is 15.2 Å². The fourth-order valence-corrected chi connectivity index (χ4v) is 4.15. The van der Waals surface area contributed by atoms with Gasteiger partial charge in [0.15, 0.2) is 0 Å². The van der Waals surface area contributed by atoms with Gasteiger partial charge in [0.2, 0.25) is 11.8 Å². The van der Waals surface area contributed by atoms with E-state index < -0.39 is 6.04 Å². The Labute approximate surface area is 217 Å². The first-order valence-electron chi connectivity index (χ1n) is 12.3. The first-order chi connectivity index (χ1) is 18.1. The Balaban J connectivity index is 1.64. The van der Waals surface area contributed by atoms with Gasteiger partial charge in [-0.2, -0.15) is 0 Å². The van der Waals surface area contributed by atoms with Crippen molar-refractivity contribution in [3.8, 4) is 5.75 Å². The highest BCUT2D eigenvalue weighted by molar-refractivity contribution is 5.88. The number of hydrogen-bond acceptors (Lipinski definition) is 4. The maximum Gasteiger partial charge on any atom is 0.243 e. The van der Waals surface area contributed by atoms with E-state index in [1.54, 1.807) is 18.2 Å². The van der Waals surface area contributed by atoms with Crippen LogP contribution in [0.4, 0.5) is 0 Å². The SMILES string of the molecule is COc1ccc(CN(C(=O)Cc2ccccc2)[C@H](Cc2ccccc2)C(=O)NCc2ccccn2)cc1. The summed E-state index contributed by atoms with van der Waals surface area (Å²) < 4.78 is 5.29. The average Bonchev–Trinajstić information content (AvgIpc) is 2.95. The van der Waals surface area contributed by atoms with Crippen LogP contribution in [0.15, 0.2) is 109 Å². The number of aromatic nitrogens is 1. The first kappa shape index (κ1) is 25.6. The van der Waals surface area contributed by atoms with Gasteiger partial charge in [-0.15, -0.1) is 0 Å². The van der Waals surface area contributed by atoms with Crippen LogP contribution >= 0.6 is 0 Å². The molecule has 1 N–H and O–H groups in total. The van der Waals surface area contributed by atoms with E-state index in [0.29, 0.717) is 13.0 Å². The van der Waals surface area contributed by atoms with Gasteiger partial charge in [-0.3, -0.25) is 14.6 Å². The molecule has 0 aliphatic heterocycles. The van der Waals surface area contributed by atoms with Crippen molar-refractivity contribution in [2.24, 2.45) is 0 Å². The highest BCUT2D eigenvalue weighted by atomic mass is 16.5. The Morgan fingerprint density at radius 2 is 1.46 bits per heavy atom. The maximum atomic E-state index is 13.8. The number of nitrogens with zero attached hydrogens (tertiary/aromatic N) is 2. The highest BCUT2D eigenvalue weighted by Crippen LogP contribution is 2.19. The molecular weight excluding hydrogens is 462 g/mol. The van der Waals surface area contributed by atoms with Gasteiger partial charge >= 0.3 is 0 Å². The predicted octanol–water partition coefficient (Wildman–Crippen LogP) is 4.59. The van der Waals surface area contributed by atoms with E-state index in [1.165, 1.54) is 0 Å². The Morgan fingerprint density at radius 1 is 0.811 bits per heavy atom. The molecule has 1 atom stereocenters. The number of methoxy groups -OCH3 is 1. The molecule has 37 heavy (non-hydrogen) atoms. The Bertz CT molecular complexity index is 1260. The van der Waals surface area contributed by atoms with Gasteiger partial charge in [-0.05, 0) is 41.0 Å². The molecule has 6 heteroatoms. The van der Waals surface area contributed by atoms with E-state index in [2.05, 4.69) is 10.3 Å². The third kappa shape index (κ3) is 7.51. The Hall–Kier alpha value is -4.45. The molecule has 2 amide bonds. The molecule has 0 spiro atoms. The molecule has 0 unspecified atom stereocenters. The number of amides is 2. The number of carbonyl (C=O) groups excluding carboxylic acids is 2. The van der Waals surface area contributed by atoms with Crippen LogP contribution in [-0.2, 0) is 35.5 Å². The minimum Gasteiger partial charge on any atom is -0.497 e. The molecular formula is C31H31N3O3. The zero-order chi connectivity index (χ0) is 25.9. The Kier molecular flexibility index (Phi) is 9.02. The summed E-state index contributed by atoms with van der Waals surface area (Å²) in [5.74, 6) is 0.403. The second-order valence-electron chi connectivity index (χ2n) is 8.78. The maximum absolute atomic E-state index is 13.8. The summed E-state index contributed by atoms with van der Waals surface area (Å²) in [5, 5.41) is 3.01. The first-order valence-corrected chi connectivity index (χ1v) is 12.3. The Morgan fingerprint density at radius 3 is 2.08 bits per heavy atom. The molecule has 0 fully saturated rings. The van der Waals surface area contributed by atoms with Gasteiger partial charge in [-0.1, -0.05) is 78.9 Å². The molecule has 3 aromatic carbocycles. The smallest absolute Gasteiger partial charge is 0.243 e. The zero-order valence-corrected chi connectivity index (χ0v) is 20.9. The molecule has 0 aliphatic carbocycles. The molecule has 0 aliphatic rings. The third-order valence-electron chi connectivity index (χ3n) is 6.15. The highest BCUT2D eigenvalue weighted by Gasteiger charge is 2.30. The molecule has 1 aromatic heterocycles. The predicted molar refractivity (Wildman–Crippen MR) is 144 cm³/mol. The van der Waals surface area contributed by atoms with Gasteiger partial charge in [0.05, 0.1) is 25.8 Å². The largest absolute Gasteiger partial charge is 0.497 e. The van der Waals surface area contributed by atoms with Crippen LogP contribution < -0.4 is 10.1 Å². The summed E-state index contributed by atoms with van der Waals surface area (Å²) in [6.45, 7) is 0.582. The lowest BCUT2D eigenvalue weighted by Gasteiger charge is -2.31. The molecule has 4 aromatic rings. The zero-order valence-electron chi connectivity index (χ0n) is 20.9. The van der Waals surface area contributed by atoms with Gasteiger partial charge in [0.25, 0.3) is 0 Å². The summed E-state index contributed by atoms with van der Waals surface area (Å²) in [7, 11) is 1.62. The molecule has 188 valence electrons. The number of hydrogen-bond donors (Lipinski definition) is 1. The number of nitrogens with one attached hydrogen (secondary N) is 1. The molecule has 0 radical (unpaired) electrons. The summed E-state index contributed by atoms with van der Waals surface area (Å²) in [4.78, 5) is 33.4. The van der Waals surface area contributed by atoms with E-state index in [0.717, 1.165) is 28.1 Å². The number of ether oxygens (including phenoxy) is 1. The lowest BCUT2D eigenvalue weighted by atomic mass is 10.0. The summed E-state index contributed by atoms with van der Waals surface area (Å²) in [5.41, 5.74) is 3.55. The lowest BCUT2D eigenvalue weighted by molar-refractivity contribution is -0.140. The van der Waals surface area contributed by atoms with E-state index in [-0.39, 0.29) is 24.8 Å². The van der Waals surface area contributed by atoms with Gasteiger partial charge < -0.3 is 15.0 Å². The normalized spacial score (nSPS) is 11.4. The molecule has 0 saturated heterocycles. The molecule has 0 saturated carbocycles. The van der Waals surface area contributed by atoms with Crippen molar-refractivity contribution in [2.45, 2.75) is 32.0 Å². The number of carbonyl (C=O) groups is 2. The topological polar surface area (TPSA) is 71.5 Å². The second kappa shape index (κ2) is 13.0. The van der Waals surface area contributed by atoms with Gasteiger partial charge in [0.1, 0.15) is 11.8 Å². The molecule has 6 nitrogen and oxygen atoms in total. The molecule has 4 rings (SSSR count). The van der Waals surface area contributed by atoms with E-state index in [1.807, 2.05) is 103 Å². The van der Waals surface area contributed by atoms with Gasteiger partial charge in [-0.25, -0.2) is 0 Å². The number of pyridine rings is 1. The standard InChI is InChI=1S/C31H31N3O3/c1-37-28-17-15-26(16-18-28)23-34(30(35)21-25-12-6-3-7-13-25)29(20-24-10-4-2-5-11-24)31(36)33-22-27-14-8-9-19-32-27/h2-19,29H,20-23H2,1H3,(H,33,36)/t29-/m1/s1. The van der Waals surface area contributed by atoms with Crippen molar-refractivity contribution >= 4 is 11.8 Å². The number of benzene rings is 3. The quantitative estimate of drug-likeness (QED) is 0.332. The fraction of sp³-hybridized carbons (Fsp3) is 0.194. The van der Waals surface area contributed by atoms with Crippen molar-refractivity contribution in [3.63, 3.8) is 0 Å². The van der Waals surface area contributed by atoms with Crippen molar-refractivity contribution in [3.05, 3.63) is 132 Å². The second-order valence-corrected chi connectivity index (χ2v) is 8.78.